The number of fused-ring (bicyclic) bond motifs is 1. The number of hydrogen-bond acceptors (Lipinski definition) is 3. The summed E-state index contributed by atoms with van der Waals surface area (Å²) in [5.41, 5.74) is 3.47. The first kappa shape index (κ1) is 14.1. The lowest BCUT2D eigenvalue weighted by atomic mass is 10.2. The molecule has 0 aromatic carbocycles. The molecule has 0 saturated carbocycles. The van der Waals surface area contributed by atoms with Crippen molar-refractivity contribution in [2.45, 2.75) is 13.8 Å². The number of aliphatic carboxylic acids is 1. The average molecular weight is 296 g/mol. The number of carbonyl (C=O) groups is 1. The normalized spacial score (nSPS) is 11.6. The number of pyridine rings is 1. The molecule has 0 radical (unpaired) electrons. The monoisotopic (exact) mass is 296 g/mol. The Hall–Kier alpha value is -2.89. The lowest BCUT2D eigenvalue weighted by Crippen LogP contribution is -2.04. The van der Waals surface area contributed by atoms with Gasteiger partial charge in [-0.05, 0) is 37.6 Å². The molecule has 0 amide bonds. The van der Waals surface area contributed by atoms with Crippen molar-refractivity contribution in [2.24, 2.45) is 7.05 Å². The molecule has 0 atom stereocenters. The highest BCUT2D eigenvalue weighted by atomic mass is 16.4. The molecule has 0 fully saturated rings. The summed E-state index contributed by atoms with van der Waals surface area (Å²) in [5.74, 6) is -0.187. The third-order valence-electron chi connectivity index (χ3n) is 3.62. The van der Waals surface area contributed by atoms with E-state index >= 15 is 0 Å². The van der Waals surface area contributed by atoms with E-state index in [1.54, 1.807) is 17.0 Å². The number of hydrogen-bond donors (Lipinski definition) is 1. The van der Waals surface area contributed by atoms with Crippen LogP contribution in [-0.4, -0.2) is 30.4 Å². The molecule has 3 aromatic rings. The number of aryl methyl sites for hydroxylation is 3. The number of aromatic nitrogens is 4. The second-order valence-corrected chi connectivity index (χ2v) is 5.17. The van der Waals surface area contributed by atoms with Crippen LogP contribution in [0.2, 0.25) is 0 Å². The van der Waals surface area contributed by atoms with Crippen LogP contribution in [0.4, 0.5) is 0 Å². The molecule has 3 aromatic heterocycles. The maximum Gasteiger partial charge on any atom is 0.328 e. The van der Waals surface area contributed by atoms with E-state index in [0.717, 1.165) is 39.7 Å². The Kier molecular flexibility index (Phi) is 3.29. The summed E-state index contributed by atoms with van der Waals surface area (Å²) < 4.78 is 3.69. The van der Waals surface area contributed by atoms with Crippen LogP contribution in [0.5, 0.6) is 0 Å². The number of carboxylic acids is 1. The standard InChI is InChI=1S/C16H16N4O2/c1-10-9-20(15-12(10)5-4-8-17-15)16-13(6-7-14(21)22)11(2)18-19(16)3/h4-9H,1-3H3,(H,21,22)/b7-6+. The molecule has 3 rings (SSSR count). The molecule has 0 spiro atoms. The van der Waals surface area contributed by atoms with Gasteiger partial charge in [0.1, 0.15) is 11.5 Å². The summed E-state index contributed by atoms with van der Waals surface area (Å²) in [6.45, 7) is 3.88. The van der Waals surface area contributed by atoms with E-state index < -0.39 is 5.97 Å². The molecule has 0 aliphatic carbocycles. The van der Waals surface area contributed by atoms with E-state index in [0.29, 0.717) is 0 Å². The molecule has 3 heterocycles. The Balaban J connectivity index is 2.29. The van der Waals surface area contributed by atoms with Crippen molar-refractivity contribution in [3.63, 3.8) is 0 Å². The van der Waals surface area contributed by atoms with Crippen molar-refractivity contribution in [3.8, 4) is 5.82 Å². The topological polar surface area (TPSA) is 72.9 Å². The largest absolute Gasteiger partial charge is 0.478 e. The van der Waals surface area contributed by atoms with Gasteiger partial charge < -0.3 is 5.11 Å². The number of nitrogens with zero attached hydrogens (tertiary/aromatic N) is 4. The summed E-state index contributed by atoms with van der Waals surface area (Å²) in [6.07, 6.45) is 6.43. The fourth-order valence-electron chi connectivity index (χ4n) is 2.68. The molecule has 0 bridgehead atoms. The van der Waals surface area contributed by atoms with Crippen LogP contribution in [0, 0.1) is 13.8 Å². The zero-order chi connectivity index (χ0) is 15.9. The molecule has 6 heteroatoms. The maximum atomic E-state index is 10.8. The van der Waals surface area contributed by atoms with Gasteiger partial charge in [-0.2, -0.15) is 5.10 Å². The molecule has 0 unspecified atom stereocenters. The lowest BCUT2D eigenvalue weighted by molar-refractivity contribution is -0.131. The van der Waals surface area contributed by atoms with E-state index in [2.05, 4.69) is 10.1 Å². The maximum absolute atomic E-state index is 10.8. The molecular formula is C16H16N4O2. The van der Waals surface area contributed by atoms with Gasteiger partial charge in [0.05, 0.1) is 5.69 Å². The van der Waals surface area contributed by atoms with Gasteiger partial charge in [-0.15, -0.1) is 0 Å². The van der Waals surface area contributed by atoms with Crippen molar-refractivity contribution < 1.29 is 9.90 Å². The Morgan fingerprint density at radius 1 is 1.36 bits per heavy atom. The third kappa shape index (κ3) is 2.18. The fraction of sp³-hybridized carbons (Fsp3) is 0.188. The summed E-state index contributed by atoms with van der Waals surface area (Å²) >= 11 is 0. The van der Waals surface area contributed by atoms with Crippen molar-refractivity contribution in [1.82, 2.24) is 19.3 Å². The summed E-state index contributed by atoms with van der Waals surface area (Å²) in [5, 5.41) is 14.3. The van der Waals surface area contributed by atoms with Crippen LogP contribution in [0.25, 0.3) is 22.9 Å². The second-order valence-electron chi connectivity index (χ2n) is 5.17. The van der Waals surface area contributed by atoms with E-state index in [1.807, 2.05) is 43.8 Å². The van der Waals surface area contributed by atoms with E-state index in [1.165, 1.54) is 0 Å². The van der Waals surface area contributed by atoms with Crippen LogP contribution < -0.4 is 0 Å². The minimum Gasteiger partial charge on any atom is -0.478 e. The van der Waals surface area contributed by atoms with Crippen LogP contribution in [-0.2, 0) is 11.8 Å². The Bertz CT molecular complexity index is 902. The molecule has 22 heavy (non-hydrogen) atoms. The summed E-state index contributed by atoms with van der Waals surface area (Å²) in [7, 11) is 1.84. The first-order valence-electron chi connectivity index (χ1n) is 6.86. The van der Waals surface area contributed by atoms with E-state index in [4.69, 9.17) is 5.11 Å². The summed E-state index contributed by atoms with van der Waals surface area (Å²) in [6, 6.07) is 3.92. The quantitative estimate of drug-likeness (QED) is 0.754. The Morgan fingerprint density at radius 2 is 2.14 bits per heavy atom. The molecule has 0 aliphatic rings. The highest BCUT2D eigenvalue weighted by Gasteiger charge is 2.16. The van der Waals surface area contributed by atoms with Gasteiger partial charge in [-0.3, -0.25) is 9.25 Å². The van der Waals surface area contributed by atoms with Gasteiger partial charge in [0.25, 0.3) is 0 Å². The first-order chi connectivity index (χ1) is 10.5. The van der Waals surface area contributed by atoms with Crippen molar-refractivity contribution in [3.05, 3.63) is 47.4 Å². The molecule has 1 N–H and O–H groups in total. The first-order valence-corrected chi connectivity index (χ1v) is 6.86. The van der Waals surface area contributed by atoms with Crippen molar-refractivity contribution >= 4 is 23.1 Å². The molecular weight excluding hydrogens is 280 g/mol. The summed E-state index contributed by atoms with van der Waals surface area (Å²) in [4.78, 5) is 15.3. The zero-order valence-corrected chi connectivity index (χ0v) is 12.6. The van der Waals surface area contributed by atoms with E-state index in [-0.39, 0.29) is 0 Å². The van der Waals surface area contributed by atoms with Crippen molar-refractivity contribution in [1.29, 1.82) is 0 Å². The molecule has 0 aliphatic heterocycles. The van der Waals surface area contributed by atoms with Crippen molar-refractivity contribution in [2.75, 3.05) is 0 Å². The van der Waals surface area contributed by atoms with Crippen LogP contribution in [0.3, 0.4) is 0 Å². The minimum absolute atomic E-state index is 0.769. The minimum atomic E-state index is -0.985. The highest BCUT2D eigenvalue weighted by molar-refractivity contribution is 5.87. The average Bonchev–Trinajstić information content (AvgIpc) is 2.94. The molecule has 6 nitrogen and oxygen atoms in total. The highest BCUT2D eigenvalue weighted by Crippen LogP contribution is 2.26. The van der Waals surface area contributed by atoms with Gasteiger partial charge in [0.15, 0.2) is 0 Å². The van der Waals surface area contributed by atoms with Gasteiger partial charge in [0.2, 0.25) is 0 Å². The van der Waals surface area contributed by atoms with Crippen LogP contribution in [0.15, 0.2) is 30.6 Å². The number of carboxylic acid groups (broad SMARTS) is 1. The number of rotatable bonds is 3. The second kappa shape index (κ2) is 5.14. The predicted molar refractivity (Wildman–Crippen MR) is 84.0 cm³/mol. The van der Waals surface area contributed by atoms with Gasteiger partial charge in [0, 0.05) is 36.5 Å². The van der Waals surface area contributed by atoms with Crippen LogP contribution >= 0.6 is 0 Å². The smallest absolute Gasteiger partial charge is 0.328 e. The zero-order valence-electron chi connectivity index (χ0n) is 12.6. The fourth-order valence-corrected chi connectivity index (χ4v) is 2.68. The Morgan fingerprint density at radius 3 is 2.86 bits per heavy atom. The van der Waals surface area contributed by atoms with Crippen LogP contribution in [0.1, 0.15) is 16.8 Å². The third-order valence-corrected chi connectivity index (χ3v) is 3.62. The predicted octanol–water partition coefficient (Wildman–Crippen LogP) is 2.47. The van der Waals surface area contributed by atoms with E-state index in [9.17, 15) is 4.79 Å². The van der Waals surface area contributed by atoms with Gasteiger partial charge in [-0.25, -0.2) is 9.78 Å². The molecule has 0 saturated heterocycles. The SMILES string of the molecule is Cc1nn(C)c(-n2cc(C)c3cccnc32)c1/C=C/C(=O)O. The molecule has 112 valence electrons. The van der Waals surface area contributed by atoms with Gasteiger partial charge in [-0.1, -0.05) is 0 Å². The lowest BCUT2D eigenvalue weighted by Gasteiger charge is -2.06. The Labute approximate surface area is 127 Å². The van der Waals surface area contributed by atoms with Gasteiger partial charge >= 0.3 is 5.97 Å².